The Morgan fingerprint density at radius 2 is 2.00 bits per heavy atom. The number of benzene rings is 2. The Bertz CT molecular complexity index is 635. The van der Waals surface area contributed by atoms with E-state index >= 15 is 0 Å². The van der Waals surface area contributed by atoms with Crippen molar-refractivity contribution in [2.75, 3.05) is 0 Å². The summed E-state index contributed by atoms with van der Waals surface area (Å²) in [5, 5.41) is 3.67. The Balaban J connectivity index is 1.83. The van der Waals surface area contributed by atoms with Gasteiger partial charge in [0.15, 0.2) is 0 Å². The summed E-state index contributed by atoms with van der Waals surface area (Å²) in [5.74, 6) is -0.377. The molecule has 0 unspecified atom stereocenters. The second kappa shape index (κ2) is 5.55. The van der Waals surface area contributed by atoms with E-state index in [9.17, 15) is 4.39 Å². The molecule has 20 heavy (non-hydrogen) atoms. The lowest BCUT2D eigenvalue weighted by Gasteiger charge is -2.10. The van der Waals surface area contributed by atoms with Crippen molar-refractivity contribution >= 4 is 11.6 Å². The van der Waals surface area contributed by atoms with Gasteiger partial charge in [0, 0.05) is 12.6 Å². The average Bonchev–Trinajstić information content (AvgIpc) is 3.24. The number of rotatable bonds is 4. The quantitative estimate of drug-likeness (QED) is 0.860. The maximum absolute atomic E-state index is 13.2. The Hall–Kier alpha value is -1.38. The second-order valence-corrected chi connectivity index (χ2v) is 5.84. The van der Waals surface area contributed by atoms with Crippen LogP contribution in [0.5, 0.6) is 0 Å². The minimum absolute atomic E-state index is 0.168. The summed E-state index contributed by atoms with van der Waals surface area (Å²) < 4.78 is 13.2. The number of nitrogens with one attached hydrogen (secondary N) is 1. The minimum Gasteiger partial charge on any atom is -0.310 e. The molecule has 0 amide bonds. The van der Waals surface area contributed by atoms with Crippen molar-refractivity contribution in [1.82, 2.24) is 5.32 Å². The number of hydrogen-bond donors (Lipinski definition) is 1. The van der Waals surface area contributed by atoms with E-state index in [0.29, 0.717) is 6.04 Å². The highest BCUT2D eigenvalue weighted by Gasteiger charge is 2.19. The van der Waals surface area contributed by atoms with Gasteiger partial charge in [-0.1, -0.05) is 35.9 Å². The van der Waals surface area contributed by atoms with Gasteiger partial charge in [-0.15, -0.1) is 0 Å². The van der Waals surface area contributed by atoms with Gasteiger partial charge in [0.1, 0.15) is 5.82 Å². The minimum atomic E-state index is -0.377. The molecular weight excluding hydrogens is 273 g/mol. The summed E-state index contributed by atoms with van der Waals surface area (Å²) in [4.78, 5) is 0. The molecule has 104 valence electrons. The van der Waals surface area contributed by atoms with Gasteiger partial charge in [-0.2, -0.15) is 0 Å². The van der Waals surface area contributed by atoms with E-state index in [1.54, 1.807) is 12.1 Å². The first kappa shape index (κ1) is 13.6. The number of hydrogen-bond acceptors (Lipinski definition) is 1. The van der Waals surface area contributed by atoms with Crippen molar-refractivity contribution in [2.24, 2.45) is 0 Å². The highest BCUT2D eigenvalue weighted by atomic mass is 35.5. The SMILES string of the molecule is Cc1cc(CNC2CC2)ccc1-c1ccc(F)c(Cl)c1. The largest absolute Gasteiger partial charge is 0.310 e. The van der Waals surface area contributed by atoms with Gasteiger partial charge in [-0.05, 0) is 54.2 Å². The van der Waals surface area contributed by atoms with Crippen LogP contribution in [0.2, 0.25) is 5.02 Å². The third-order valence-corrected chi connectivity index (χ3v) is 3.98. The van der Waals surface area contributed by atoms with E-state index < -0.39 is 0 Å². The summed E-state index contributed by atoms with van der Waals surface area (Å²) in [6.45, 7) is 2.99. The van der Waals surface area contributed by atoms with Gasteiger partial charge in [0.2, 0.25) is 0 Å². The molecule has 3 rings (SSSR count). The highest BCUT2D eigenvalue weighted by molar-refractivity contribution is 6.31. The molecule has 0 aliphatic heterocycles. The molecule has 1 aliphatic carbocycles. The van der Waals surface area contributed by atoms with Crippen LogP contribution in [-0.4, -0.2) is 6.04 Å². The molecule has 1 saturated carbocycles. The van der Waals surface area contributed by atoms with Gasteiger partial charge in [0.05, 0.1) is 5.02 Å². The number of aryl methyl sites for hydroxylation is 1. The van der Waals surface area contributed by atoms with Crippen molar-refractivity contribution < 1.29 is 4.39 Å². The molecule has 2 aromatic carbocycles. The zero-order valence-corrected chi connectivity index (χ0v) is 12.2. The first-order valence-electron chi connectivity index (χ1n) is 6.92. The zero-order chi connectivity index (χ0) is 14.1. The molecule has 1 fully saturated rings. The Labute approximate surface area is 123 Å². The molecular formula is C17H17ClFN. The van der Waals surface area contributed by atoms with Crippen LogP contribution < -0.4 is 5.32 Å². The van der Waals surface area contributed by atoms with Crippen LogP contribution in [0.25, 0.3) is 11.1 Å². The van der Waals surface area contributed by atoms with E-state index in [1.807, 2.05) is 0 Å². The third-order valence-electron chi connectivity index (χ3n) is 3.69. The van der Waals surface area contributed by atoms with Crippen LogP contribution in [0.3, 0.4) is 0 Å². The molecule has 0 saturated heterocycles. The predicted molar refractivity (Wildman–Crippen MR) is 81.4 cm³/mol. The smallest absolute Gasteiger partial charge is 0.141 e. The third kappa shape index (κ3) is 3.02. The summed E-state index contributed by atoms with van der Waals surface area (Å²) >= 11 is 5.85. The fourth-order valence-electron chi connectivity index (χ4n) is 2.37. The van der Waals surface area contributed by atoms with Crippen LogP contribution in [-0.2, 0) is 6.54 Å². The van der Waals surface area contributed by atoms with Crippen LogP contribution in [0.1, 0.15) is 24.0 Å². The Morgan fingerprint density at radius 1 is 1.20 bits per heavy atom. The molecule has 1 aliphatic rings. The van der Waals surface area contributed by atoms with E-state index in [4.69, 9.17) is 11.6 Å². The molecule has 0 bridgehead atoms. The van der Waals surface area contributed by atoms with Gasteiger partial charge < -0.3 is 5.32 Å². The molecule has 0 spiro atoms. The van der Waals surface area contributed by atoms with Crippen molar-refractivity contribution in [3.8, 4) is 11.1 Å². The molecule has 1 N–H and O–H groups in total. The summed E-state index contributed by atoms with van der Waals surface area (Å²) in [6.07, 6.45) is 2.59. The molecule has 3 heteroatoms. The maximum Gasteiger partial charge on any atom is 0.141 e. The first-order chi connectivity index (χ1) is 9.63. The fourth-order valence-corrected chi connectivity index (χ4v) is 2.55. The van der Waals surface area contributed by atoms with E-state index in [1.165, 1.54) is 30.0 Å². The van der Waals surface area contributed by atoms with E-state index in [0.717, 1.165) is 17.7 Å². The molecule has 0 radical (unpaired) electrons. The zero-order valence-electron chi connectivity index (χ0n) is 11.4. The average molecular weight is 290 g/mol. The highest BCUT2D eigenvalue weighted by Crippen LogP contribution is 2.28. The van der Waals surface area contributed by atoms with Crippen molar-refractivity contribution in [3.05, 3.63) is 58.4 Å². The number of halogens is 2. The summed E-state index contributed by atoms with van der Waals surface area (Å²) in [6, 6.07) is 12.0. The topological polar surface area (TPSA) is 12.0 Å². The summed E-state index contributed by atoms with van der Waals surface area (Å²) in [5.41, 5.74) is 4.52. The second-order valence-electron chi connectivity index (χ2n) is 5.43. The van der Waals surface area contributed by atoms with Crippen molar-refractivity contribution in [3.63, 3.8) is 0 Å². The normalized spacial score (nSPS) is 14.6. The molecule has 1 nitrogen and oxygen atoms in total. The van der Waals surface area contributed by atoms with Gasteiger partial charge in [-0.3, -0.25) is 0 Å². The fraction of sp³-hybridized carbons (Fsp3) is 0.294. The van der Waals surface area contributed by atoms with E-state index in [-0.39, 0.29) is 10.8 Å². The molecule has 2 aromatic rings. The van der Waals surface area contributed by atoms with Crippen LogP contribution in [0.4, 0.5) is 4.39 Å². The lowest BCUT2D eigenvalue weighted by Crippen LogP contribution is -2.15. The van der Waals surface area contributed by atoms with Crippen LogP contribution >= 0.6 is 11.6 Å². The van der Waals surface area contributed by atoms with Crippen LogP contribution in [0.15, 0.2) is 36.4 Å². The lowest BCUT2D eigenvalue weighted by molar-refractivity contribution is 0.628. The molecule has 0 heterocycles. The van der Waals surface area contributed by atoms with E-state index in [2.05, 4.69) is 30.4 Å². The Morgan fingerprint density at radius 3 is 2.65 bits per heavy atom. The van der Waals surface area contributed by atoms with Crippen molar-refractivity contribution in [1.29, 1.82) is 0 Å². The Kier molecular flexibility index (Phi) is 3.77. The maximum atomic E-state index is 13.2. The lowest BCUT2D eigenvalue weighted by atomic mass is 9.98. The van der Waals surface area contributed by atoms with Gasteiger partial charge in [0.25, 0.3) is 0 Å². The summed E-state index contributed by atoms with van der Waals surface area (Å²) in [7, 11) is 0. The first-order valence-corrected chi connectivity index (χ1v) is 7.29. The van der Waals surface area contributed by atoms with Gasteiger partial charge >= 0.3 is 0 Å². The van der Waals surface area contributed by atoms with Crippen LogP contribution in [0, 0.1) is 12.7 Å². The molecule has 0 atom stereocenters. The monoisotopic (exact) mass is 289 g/mol. The molecule has 0 aromatic heterocycles. The van der Waals surface area contributed by atoms with Crippen molar-refractivity contribution in [2.45, 2.75) is 32.4 Å². The standard InChI is InChI=1S/C17H17ClFN/c1-11-8-12(10-20-14-4-5-14)2-6-15(11)13-3-7-17(19)16(18)9-13/h2-3,6-9,14,20H,4-5,10H2,1H3. The predicted octanol–water partition coefficient (Wildman–Crippen LogP) is 4.71. The van der Waals surface area contributed by atoms with Gasteiger partial charge in [-0.25, -0.2) is 4.39 Å².